The lowest BCUT2D eigenvalue weighted by atomic mass is 9.96. The molecule has 0 spiro atoms. The monoisotopic (exact) mass is 221 g/mol. The van der Waals surface area contributed by atoms with E-state index in [1.165, 1.54) is 7.11 Å². The van der Waals surface area contributed by atoms with Gasteiger partial charge < -0.3 is 4.74 Å². The Morgan fingerprint density at radius 1 is 1.57 bits per heavy atom. The van der Waals surface area contributed by atoms with E-state index in [1.807, 2.05) is 6.92 Å². The molecular weight excluding hydrogens is 206 g/mol. The van der Waals surface area contributed by atoms with E-state index in [1.54, 1.807) is 0 Å². The molecule has 0 aromatic carbocycles. The minimum Gasteiger partial charge on any atom is -0.382 e. The van der Waals surface area contributed by atoms with E-state index in [9.17, 15) is 9.79 Å². The average molecular weight is 221 g/mol. The Hall–Kier alpha value is 0.295. The smallest absolute Gasteiger partial charge is 0.382 e. The van der Waals surface area contributed by atoms with Crippen molar-refractivity contribution in [1.82, 2.24) is 0 Å². The summed E-state index contributed by atoms with van der Waals surface area (Å²) in [6, 6.07) is -0.401. The van der Waals surface area contributed by atoms with Crippen molar-refractivity contribution in [2.45, 2.75) is 38.0 Å². The molecule has 1 aliphatic heterocycles. The van der Waals surface area contributed by atoms with Gasteiger partial charge in [0.25, 0.3) is 0 Å². The Balaban J connectivity index is 2.51. The van der Waals surface area contributed by atoms with Crippen LogP contribution >= 0.6 is 8.17 Å². The molecule has 1 rings (SSSR count). The molecule has 1 aliphatic rings. The van der Waals surface area contributed by atoms with E-state index in [4.69, 9.17) is 17.1 Å². The zero-order chi connectivity index (χ0) is 10.8. The minimum atomic E-state index is -3.69. The van der Waals surface area contributed by atoms with Crippen LogP contribution in [0.1, 0.15) is 19.8 Å². The van der Waals surface area contributed by atoms with E-state index in [0.29, 0.717) is 12.8 Å². The molecule has 0 bridgehead atoms. The van der Waals surface area contributed by atoms with E-state index in [2.05, 4.69) is 4.52 Å². The molecule has 1 heterocycles. The Labute approximate surface area is 85.4 Å². The molecule has 0 aromatic heterocycles. The fraction of sp³-hybridized carbons (Fsp3) is 1.00. The summed E-state index contributed by atoms with van der Waals surface area (Å²) in [5.41, 5.74) is 0. The molecule has 80 valence electrons. The molecule has 1 saturated heterocycles. The molecule has 0 saturated carbocycles. The molecule has 0 aromatic rings. The maximum Gasteiger partial charge on any atom is 0.570 e. The van der Waals surface area contributed by atoms with Gasteiger partial charge in [-0.25, -0.2) is 0 Å². The molecular formula is C7H15BO5P+. The van der Waals surface area contributed by atoms with Crippen molar-refractivity contribution in [3.63, 3.8) is 0 Å². The summed E-state index contributed by atoms with van der Waals surface area (Å²) in [6.07, 6.45) is 0.560. The Kier molecular flexibility index (Phi) is 4.31. The van der Waals surface area contributed by atoms with Crippen LogP contribution in [0.4, 0.5) is 0 Å². The highest BCUT2D eigenvalue weighted by Crippen LogP contribution is 2.54. The molecule has 0 unspecified atom stereocenters. The standard InChI is InChI=1S/C7H15BO5P/c1-3-5-6(4-7(8)12-5)13-14(9,10)11-2/h5-7,9-10H,3-4H2,1-2H3/q+1/t5-,6+,7-/m1/s1. The minimum absolute atomic E-state index is 0.196. The van der Waals surface area contributed by atoms with Gasteiger partial charge in [-0.1, -0.05) is 6.92 Å². The molecule has 0 aliphatic carbocycles. The fourth-order valence-electron chi connectivity index (χ4n) is 1.44. The summed E-state index contributed by atoms with van der Waals surface area (Å²) in [5.74, 6) is 0. The van der Waals surface area contributed by atoms with Crippen molar-refractivity contribution in [3.8, 4) is 0 Å². The first kappa shape index (κ1) is 12.4. The molecule has 0 amide bonds. The molecule has 7 heteroatoms. The van der Waals surface area contributed by atoms with Gasteiger partial charge in [-0.15, -0.1) is 4.52 Å². The Morgan fingerprint density at radius 3 is 2.71 bits per heavy atom. The third-order valence-electron chi connectivity index (χ3n) is 2.14. The summed E-state index contributed by atoms with van der Waals surface area (Å²) in [7, 11) is 3.06. The van der Waals surface area contributed by atoms with E-state index in [-0.39, 0.29) is 6.10 Å². The zero-order valence-corrected chi connectivity index (χ0v) is 9.18. The lowest BCUT2D eigenvalue weighted by Gasteiger charge is -2.16. The highest BCUT2D eigenvalue weighted by molar-refractivity contribution is 7.54. The van der Waals surface area contributed by atoms with Crippen molar-refractivity contribution >= 4 is 16.0 Å². The first-order chi connectivity index (χ1) is 6.48. The van der Waals surface area contributed by atoms with Gasteiger partial charge in [0, 0.05) is 6.00 Å². The third-order valence-corrected chi connectivity index (χ3v) is 3.16. The molecule has 5 nitrogen and oxygen atoms in total. The topological polar surface area (TPSA) is 68.2 Å². The second kappa shape index (κ2) is 4.88. The average Bonchev–Trinajstić information content (AvgIpc) is 2.45. The lowest BCUT2D eigenvalue weighted by Crippen LogP contribution is -2.24. The fourth-order valence-corrected chi connectivity index (χ4v) is 2.10. The van der Waals surface area contributed by atoms with E-state index >= 15 is 0 Å². The third kappa shape index (κ3) is 3.16. The summed E-state index contributed by atoms with van der Waals surface area (Å²) >= 11 is 0. The predicted octanol–water partition coefficient (Wildman–Crippen LogP) is 0.374. The summed E-state index contributed by atoms with van der Waals surface area (Å²) in [4.78, 5) is 18.4. The van der Waals surface area contributed by atoms with Gasteiger partial charge >= 0.3 is 8.17 Å². The second-order valence-electron chi connectivity index (χ2n) is 3.17. The van der Waals surface area contributed by atoms with Crippen molar-refractivity contribution in [2.24, 2.45) is 0 Å². The van der Waals surface area contributed by atoms with Crippen molar-refractivity contribution in [2.75, 3.05) is 7.11 Å². The van der Waals surface area contributed by atoms with Gasteiger partial charge in [0.15, 0.2) is 0 Å². The number of hydrogen-bond donors (Lipinski definition) is 2. The quantitative estimate of drug-likeness (QED) is 0.530. The predicted molar refractivity (Wildman–Crippen MR) is 52.6 cm³/mol. The van der Waals surface area contributed by atoms with Gasteiger partial charge in [0.2, 0.25) is 0 Å². The van der Waals surface area contributed by atoms with Crippen molar-refractivity contribution in [3.05, 3.63) is 0 Å². The van der Waals surface area contributed by atoms with Crippen LogP contribution in [0.3, 0.4) is 0 Å². The lowest BCUT2D eigenvalue weighted by molar-refractivity contribution is 0.0164. The molecule has 1 fully saturated rings. The molecule has 2 N–H and O–H groups in total. The molecule has 2 radical (unpaired) electrons. The normalized spacial score (nSPS) is 33.6. The van der Waals surface area contributed by atoms with Crippen LogP contribution in [0.2, 0.25) is 0 Å². The van der Waals surface area contributed by atoms with Crippen LogP contribution in [0, 0.1) is 0 Å². The summed E-state index contributed by atoms with van der Waals surface area (Å²) in [5, 5.41) is 0. The highest BCUT2D eigenvalue weighted by Gasteiger charge is 2.46. The Bertz CT molecular complexity index is 191. The van der Waals surface area contributed by atoms with Crippen LogP contribution in [-0.4, -0.2) is 43.0 Å². The molecule has 14 heavy (non-hydrogen) atoms. The van der Waals surface area contributed by atoms with Gasteiger partial charge in [-0.3, -0.25) is 0 Å². The highest BCUT2D eigenvalue weighted by atomic mass is 31.2. The van der Waals surface area contributed by atoms with Gasteiger partial charge in [-0.2, -0.15) is 14.3 Å². The van der Waals surface area contributed by atoms with Gasteiger partial charge in [0.05, 0.1) is 13.2 Å². The first-order valence-corrected chi connectivity index (χ1v) is 6.01. The number of ether oxygens (including phenoxy) is 1. The van der Waals surface area contributed by atoms with Crippen LogP contribution in [0.5, 0.6) is 0 Å². The van der Waals surface area contributed by atoms with Crippen molar-refractivity contribution < 1.29 is 23.6 Å². The summed E-state index contributed by atoms with van der Waals surface area (Å²) in [6.45, 7) is 1.92. The Morgan fingerprint density at radius 2 is 2.21 bits per heavy atom. The maximum absolute atomic E-state index is 9.21. The van der Waals surface area contributed by atoms with Crippen LogP contribution in [0.15, 0.2) is 0 Å². The van der Waals surface area contributed by atoms with Crippen molar-refractivity contribution in [1.29, 1.82) is 0 Å². The number of rotatable bonds is 4. The summed E-state index contributed by atoms with van der Waals surface area (Å²) < 4.78 is 14.8. The van der Waals surface area contributed by atoms with Crippen LogP contribution in [0.25, 0.3) is 0 Å². The second-order valence-corrected chi connectivity index (χ2v) is 4.73. The largest absolute Gasteiger partial charge is 0.570 e. The van der Waals surface area contributed by atoms with Crippen LogP contribution < -0.4 is 0 Å². The first-order valence-electron chi connectivity index (χ1n) is 4.48. The number of hydrogen-bond acceptors (Lipinski definition) is 5. The molecule has 3 atom stereocenters. The SMILES string of the molecule is [B][C@H]1C[C@H](O[P+](O)(O)OC)[C@@H](CC)O1. The van der Waals surface area contributed by atoms with Gasteiger partial charge in [0.1, 0.15) is 14.0 Å². The van der Waals surface area contributed by atoms with E-state index < -0.39 is 20.3 Å². The van der Waals surface area contributed by atoms with Crippen LogP contribution in [-0.2, 0) is 13.8 Å². The maximum atomic E-state index is 9.21. The van der Waals surface area contributed by atoms with E-state index in [0.717, 1.165) is 0 Å². The zero-order valence-electron chi connectivity index (χ0n) is 8.29. The van der Waals surface area contributed by atoms with Gasteiger partial charge in [-0.05, 0) is 12.8 Å².